The first kappa shape index (κ1) is 18.9. The molecule has 26 heavy (non-hydrogen) atoms. The van der Waals surface area contributed by atoms with Crippen LogP contribution in [-0.4, -0.2) is 11.8 Å². The Kier molecular flexibility index (Phi) is 5.68. The monoisotopic (exact) mass is 434 g/mol. The van der Waals surface area contributed by atoms with Crippen molar-refractivity contribution in [1.82, 2.24) is 0 Å². The van der Waals surface area contributed by atoms with Gasteiger partial charge in [-0.15, -0.1) is 0 Å². The van der Waals surface area contributed by atoms with Gasteiger partial charge in [-0.05, 0) is 48.7 Å². The maximum absolute atomic E-state index is 13.2. The molecule has 0 heterocycles. The highest BCUT2D eigenvalue weighted by Gasteiger charge is 2.42. The zero-order chi connectivity index (χ0) is 18.7. The van der Waals surface area contributed by atoms with E-state index in [4.69, 9.17) is 11.6 Å². The van der Waals surface area contributed by atoms with Gasteiger partial charge in [-0.2, -0.15) is 0 Å². The van der Waals surface area contributed by atoms with Crippen LogP contribution in [0.2, 0.25) is 5.02 Å². The molecule has 0 aliphatic heterocycles. The van der Waals surface area contributed by atoms with Crippen LogP contribution in [0, 0.1) is 0 Å². The van der Waals surface area contributed by atoms with Gasteiger partial charge < -0.3 is 10.6 Å². The Balaban J connectivity index is 1.85. The number of benzene rings is 2. The Labute approximate surface area is 166 Å². The van der Waals surface area contributed by atoms with E-state index < -0.39 is 5.41 Å². The molecule has 3 rings (SSSR count). The normalized spacial score (nSPS) is 15.5. The number of anilines is 2. The summed E-state index contributed by atoms with van der Waals surface area (Å²) in [6.07, 6.45) is 3.70. The second kappa shape index (κ2) is 7.80. The Morgan fingerprint density at radius 1 is 1.04 bits per heavy atom. The lowest BCUT2D eigenvalue weighted by Crippen LogP contribution is -2.38. The van der Waals surface area contributed by atoms with Crippen molar-refractivity contribution in [3.63, 3.8) is 0 Å². The molecular weight excluding hydrogens is 416 g/mol. The maximum atomic E-state index is 13.2. The third kappa shape index (κ3) is 3.94. The Hall–Kier alpha value is -1.85. The second-order valence-corrected chi connectivity index (χ2v) is 7.95. The summed E-state index contributed by atoms with van der Waals surface area (Å²) < 4.78 is 0.992. The Morgan fingerprint density at radius 2 is 1.69 bits per heavy atom. The zero-order valence-corrected chi connectivity index (χ0v) is 16.8. The molecule has 136 valence electrons. The number of hydrogen-bond donors (Lipinski definition) is 2. The molecule has 0 spiro atoms. The number of hydrogen-bond acceptors (Lipinski definition) is 2. The Morgan fingerprint density at radius 3 is 2.27 bits per heavy atom. The van der Waals surface area contributed by atoms with Crippen LogP contribution in [-0.2, 0) is 15.0 Å². The molecule has 2 aromatic carbocycles. The van der Waals surface area contributed by atoms with Gasteiger partial charge >= 0.3 is 0 Å². The van der Waals surface area contributed by atoms with E-state index in [1.165, 1.54) is 6.92 Å². The quantitative estimate of drug-likeness (QED) is 0.665. The molecule has 0 atom stereocenters. The van der Waals surface area contributed by atoms with Crippen molar-refractivity contribution in [3.05, 3.63) is 57.5 Å². The van der Waals surface area contributed by atoms with Crippen molar-refractivity contribution < 1.29 is 9.59 Å². The van der Waals surface area contributed by atoms with Gasteiger partial charge in [0, 0.05) is 17.1 Å². The molecule has 0 bridgehead atoms. The number of halogens is 2. The van der Waals surface area contributed by atoms with Crippen molar-refractivity contribution in [2.45, 2.75) is 38.0 Å². The van der Waals surface area contributed by atoms with Gasteiger partial charge in [0.1, 0.15) is 0 Å². The maximum Gasteiger partial charge on any atom is 0.235 e. The van der Waals surface area contributed by atoms with Crippen molar-refractivity contribution >= 4 is 50.7 Å². The van der Waals surface area contributed by atoms with Crippen LogP contribution in [0.3, 0.4) is 0 Å². The lowest BCUT2D eigenvalue weighted by Gasteiger charge is -2.28. The van der Waals surface area contributed by atoms with Crippen LogP contribution < -0.4 is 10.6 Å². The van der Waals surface area contributed by atoms with Crippen molar-refractivity contribution in [3.8, 4) is 0 Å². The van der Waals surface area contributed by atoms with E-state index >= 15 is 0 Å². The Bertz CT molecular complexity index is 830. The predicted octanol–water partition coefficient (Wildman–Crippen LogP) is 5.51. The molecule has 4 nitrogen and oxygen atoms in total. The number of carbonyl (C=O) groups excluding carboxylic acids is 2. The van der Waals surface area contributed by atoms with Crippen LogP contribution in [0.5, 0.6) is 0 Å². The van der Waals surface area contributed by atoms with Crippen molar-refractivity contribution in [2.75, 3.05) is 10.6 Å². The molecular formula is C20H20BrClN2O2. The summed E-state index contributed by atoms with van der Waals surface area (Å²) in [5.74, 6) is -0.204. The molecule has 0 unspecified atom stereocenters. The first-order chi connectivity index (χ1) is 12.4. The summed E-state index contributed by atoms with van der Waals surface area (Å²) in [6.45, 7) is 1.44. The lowest BCUT2D eigenvalue weighted by atomic mass is 9.78. The molecule has 1 aliphatic carbocycles. The van der Waals surface area contributed by atoms with E-state index in [0.717, 1.165) is 35.7 Å². The highest BCUT2D eigenvalue weighted by atomic mass is 79.9. The van der Waals surface area contributed by atoms with E-state index in [2.05, 4.69) is 26.6 Å². The number of rotatable bonds is 4. The SMILES string of the molecule is CC(=O)Nc1ccc(NC(=O)C2(c3ccc(Br)cc3)CCCC2)c(Cl)c1. The van der Waals surface area contributed by atoms with Gasteiger partial charge in [0.25, 0.3) is 0 Å². The van der Waals surface area contributed by atoms with Gasteiger partial charge in [0.2, 0.25) is 11.8 Å². The van der Waals surface area contributed by atoms with Crippen LogP contribution >= 0.6 is 27.5 Å². The smallest absolute Gasteiger partial charge is 0.235 e. The van der Waals surface area contributed by atoms with Crippen molar-refractivity contribution in [2.24, 2.45) is 0 Å². The van der Waals surface area contributed by atoms with Crippen LogP contribution in [0.1, 0.15) is 38.2 Å². The average molecular weight is 436 g/mol. The first-order valence-electron chi connectivity index (χ1n) is 8.55. The summed E-state index contributed by atoms with van der Waals surface area (Å²) in [6, 6.07) is 13.0. The molecule has 2 N–H and O–H groups in total. The molecule has 0 saturated heterocycles. The fourth-order valence-corrected chi connectivity index (χ4v) is 4.03. The zero-order valence-electron chi connectivity index (χ0n) is 14.4. The van der Waals surface area contributed by atoms with E-state index in [0.29, 0.717) is 16.4 Å². The number of nitrogens with one attached hydrogen (secondary N) is 2. The molecule has 0 aromatic heterocycles. The summed E-state index contributed by atoms with van der Waals surface area (Å²) in [7, 11) is 0. The highest BCUT2D eigenvalue weighted by molar-refractivity contribution is 9.10. The van der Waals surface area contributed by atoms with Gasteiger partial charge in [-0.3, -0.25) is 9.59 Å². The summed E-state index contributed by atoms with van der Waals surface area (Å²) >= 11 is 9.75. The molecule has 2 amide bonds. The topological polar surface area (TPSA) is 58.2 Å². The van der Waals surface area contributed by atoms with E-state index in [-0.39, 0.29) is 11.8 Å². The van der Waals surface area contributed by atoms with E-state index in [9.17, 15) is 9.59 Å². The standard InChI is InChI=1S/C20H20BrClN2O2/c1-13(25)23-16-8-9-18(17(22)12-16)24-19(26)20(10-2-3-11-20)14-4-6-15(21)7-5-14/h4-9,12H,2-3,10-11H2,1H3,(H,23,25)(H,24,26). The largest absolute Gasteiger partial charge is 0.326 e. The molecule has 1 aliphatic rings. The first-order valence-corrected chi connectivity index (χ1v) is 9.72. The fraction of sp³-hybridized carbons (Fsp3) is 0.300. The van der Waals surface area contributed by atoms with Crippen LogP contribution in [0.4, 0.5) is 11.4 Å². The van der Waals surface area contributed by atoms with E-state index in [1.807, 2.05) is 24.3 Å². The van der Waals surface area contributed by atoms with Crippen molar-refractivity contribution in [1.29, 1.82) is 0 Å². The summed E-state index contributed by atoms with van der Waals surface area (Å²) in [4.78, 5) is 24.3. The third-order valence-corrected chi connectivity index (χ3v) is 5.67. The second-order valence-electron chi connectivity index (χ2n) is 6.63. The molecule has 1 fully saturated rings. The van der Waals surface area contributed by atoms with Gasteiger partial charge in [-0.25, -0.2) is 0 Å². The van der Waals surface area contributed by atoms with Gasteiger partial charge in [-0.1, -0.05) is 52.5 Å². The van der Waals surface area contributed by atoms with Gasteiger partial charge in [0.15, 0.2) is 0 Å². The van der Waals surface area contributed by atoms with E-state index in [1.54, 1.807) is 18.2 Å². The summed E-state index contributed by atoms with van der Waals surface area (Å²) in [5, 5.41) is 6.07. The highest BCUT2D eigenvalue weighted by Crippen LogP contribution is 2.42. The number of amides is 2. The molecule has 0 radical (unpaired) electrons. The molecule has 1 saturated carbocycles. The number of carbonyl (C=O) groups is 2. The molecule has 6 heteroatoms. The van der Waals surface area contributed by atoms with Crippen LogP contribution in [0.25, 0.3) is 0 Å². The van der Waals surface area contributed by atoms with Crippen LogP contribution in [0.15, 0.2) is 46.9 Å². The third-order valence-electron chi connectivity index (χ3n) is 4.83. The lowest BCUT2D eigenvalue weighted by molar-refractivity contribution is -0.121. The minimum atomic E-state index is -0.527. The van der Waals surface area contributed by atoms with Gasteiger partial charge in [0.05, 0.1) is 16.1 Å². The molecule has 2 aromatic rings. The fourth-order valence-electron chi connectivity index (χ4n) is 3.53. The minimum absolute atomic E-state index is 0.0356. The minimum Gasteiger partial charge on any atom is -0.326 e. The summed E-state index contributed by atoms with van der Waals surface area (Å²) in [5.41, 5.74) is 1.65. The average Bonchev–Trinajstić information content (AvgIpc) is 3.08. The predicted molar refractivity (Wildman–Crippen MR) is 109 cm³/mol.